The van der Waals surface area contributed by atoms with Crippen LogP contribution >= 0.6 is 0 Å². The number of para-hydroxylation sites is 1. The molecule has 0 bridgehead atoms. The molecule has 96 valence electrons. The number of carboxylic acid groups (broad SMARTS) is 1. The first-order chi connectivity index (χ1) is 9.16. The van der Waals surface area contributed by atoms with E-state index in [1.54, 1.807) is 0 Å². The summed E-state index contributed by atoms with van der Waals surface area (Å²) < 4.78 is 2.17. The smallest absolute Gasteiger partial charge is 0.303 e. The number of benzene rings is 2. The Labute approximate surface area is 111 Å². The van der Waals surface area contributed by atoms with E-state index in [0.717, 1.165) is 5.56 Å². The maximum absolute atomic E-state index is 10.6. The van der Waals surface area contributed by atoms with Gasteiger partial charge in [-0.3, -0.25) is 4.79 Å². The summed E-state index contributed by atoms with van der Waals surface area (Å²) in [5, 5.41) is 11.2. The number of carboxylic acids is 1. The van der Waals surface area contributed by atoms with E-state index in [0.29, 0.717) is 6.42 Å². The van der Waals surface area contributed by atoms with Crippen LogP contribution in [-0.2, 0) is 18.3 Å². The Balaban J connectivity index is 2.16. The van der Waals surface area contributed by atoms with E-state index >= 15 is 0 Å². The standard InChI is InChI=1S/C16H15NO2/c1-17-14-5-3-2-4-12(14)13-10-11(6-8-15(13)17)7-9-16(18)19/h2-6,8,10H,7,9H2,1H3,(H,18,19). The lowest BCUT2D eigenvalue weighted by molar-refractivity contribution is -0.136. The zero-order valence-electron chi connectivity index (χ0n) is 10.8. The lowest BCUT2D eigenvalue weighted by atomic mass is 10.1. The number of hydrogen-bond acceptors (Lipinski definition) is 1. The van der Waals surface area contributed by atoms with Crippen LogP contribution in [0.5, 0.6) is 0 Å². The van der Waals surface area contributed by atoms with Crippen LogP contribution in [0.2, 0.25) is 0 Å². The fraction of sp³-hybridized carbons (Fsp3) is 0.188. The average molecular weight is 253 g/mol. The Morgan fingerprint density at radius 1 is 1.11 bits per heavy atom. The van der Waals surface area contributed by atoms with Crippen molar-refractivity contribution in [3.63, 3.8) is 0 Å². The number of aryl methyl sites for hydroxylation is 2. The first kappa shape index (κ1) is 11.8. The van der Waals surface area contributed by atoms with Gasteiger partial charge in [-0.2, -0.15) is 0 Å². The molecule has 0 saturated carbocycles. The first-order valence-corrected chi connectivity index (χ1v) is 6.34. The van der Waals surface area contributed by atoms with E-state index in [9.17, 15) is 4.79 Å². The van der Waals surface area contributed by atoms with Crippen LogP contribution in [0, 0.1) is 0 Å². The van der Waals surface area contributed by atoms with Gasteiger partial charge in [0, 0.05) is 35.3 Å². The second-order valence-corrected chi connectivity index (χ2v) is 4.82. The maximum atomic E-state index is 10.6. The summed E-state index contributed by atoms with van der Waals surface area (Å²) in [7, 11) is 2.06. The summed E-state index contributed by atoms with van der Waals surface area (Å²) in [5.74, 6) is -0.752. The Morgan fingerprint density at radius 2 is 1.84 bits per heavy atom. The van der Waals surface area contributed by atoms with Crippen molar-refractivity contribution in [1.29, 1.82) is 0 Å². The van der Waals surface area contributed by atoms with E-state index in [-0.39, 0.29) is 6.42 Å². The molecular weight excluding hydrogens is 238 g/mol. The van der Waals surface area contributed by atoms with Gasteiger partial charge in [-0.05, 0) is 30.2 Å². The van der Waals surface area contributed by atoms with Crippen LogP contribution < -0.4 is 0 Å². The first-order valence-electron chi connectivity index (χ1n) is 6.34. The number of rotatable bonds is 3. The number of hydrogen-bond donors (Lipinski definition) is 1. The molecule has 0 spiro atoms. The molecular formula is C16H15NO2. The zero-order chi connectivity index (χ0) is 13.4. The van der Waals surface area contributed by atoms with Crippen molar-refractivity contribution in [2.24, 2.45) is 7.05 Å². The molecule has 3 aromatic rings. The highest BCUT2D eigenvalue weighted by atomic mass is 16.4. The SMILES string of the molecule is Cn1c2ccccc2c2cc(CCC(=O)O)ccc21. The summed E-state index contributed by atoms with van der Waals surface area (Å²) in [6.07, 6.45) is 0.755. The van der Waals surface area contributed by atoms with E-state index in [2.05, 4.69) is 35.9 Å². The molecule has 1 aromatic heterocycles. The van der Waals surface area contributed by atoms with Crippen LogP contribution in [0.4, 0.5) is 0 Å². The van der Waals surface area contributed by atoms with Crippen LogP contribution in [0.15, 0.2) is 42.5 Å². The summed E-state index contributed by atoms with van der Waals surface area (Å²) in [5.41, 5.74) is 3.46. The largest absolute Gasteiger partial charge is 0.481 e. The molecule has 0 aliphatic rings. The second kappa shape index (κ2) is 4.43. The Kier molecular flexibility index (Phi) is 2.75. The minimum absolute atomic E-state index is 0.177. The molecule has 3 heteroatoms. The van der Waals surface area contributed by atoms with Crippen molar-refractivity contribution in [3.05, 3.63) is 48.0 Å². The van der Waals surface area contributed by atoms with Gasteiger partial charge >= 0.3 is 5.97 Å². The van der Waals surface area contributed by atoms with Gasteiger partial charge in [-0.25, -0.2) is 0 Å². The lowest BCUT2D eigenvalue weighted by Crippen LogP contribution is -1.97. The van der Waals surface area contributed by atoms with Crippen molar-refractivity contribution >= 4 is 27.8 Å². The van der Waals surface area contributed by atoms with Crippen LogP contribution in [0.3, 0.4) is 0 Å². The summed E-state index contributed by atoms with van der Waals surface area (Å²) in [4.78, 5) is 10.6. The molecule has 0 aliphatic heterocycles. The highest BCUT2D eigenvalue weighted by Crippen LogP contribution is 2.28. The van der Waals surface area contributed by atoms with Crippen molar-refractivity contribution in [1.82, 2.24) is 4.57 Å². The third kappa shape index (κ3) is 1.97. The number of nitrogens with zero attached hydrogens (tertiary/aromatic N) is 1. The second-order valence-electron chi connectivity index (χ2n) is 4.82. The lowest BCUT2D eigenvalue weighted by Gasteiger charge is -2.01. The third-order valence-electron chi connectivity index (χ3n) is 3.61. The molecule has 1 heterocycles. The van der Waals surface area contributed by atoms with Crippen molar-refractivity contribution in [2.75, 3.05) is 0 Å². The van der Waals surface area contributed by atoms with E-state index in [1.807, 2.05) is 18.2 Å². The van der Waals surface area contributed by atoms with Crippen molar-refractivity contribution < 1.29 is 9.90 Å². The van der Waals surface area contributed by atoms with E-state index in [4.69, 9.17) is 5.11 Å². The Morgan fingerprint density at radius 3 is 2.63 bits per heavy atom. The molecule has 0 saturated heterocycles. The number of fused-ring (bicyclic) bond motifs is 3. The summed E-state index contributed by atoms with van der Waals surface area (Å²) in [6.45, 7) is 0. The van der Waals surface area contributed by atoms with Gasteiger partial charge < -0.3 is 9.67 Å². The number of aromatic nitrogens is 1. The predicted octanol–water partition coefficient (Wildman–Crippen LogP) is 3.35. The minimum Gasteiger partial charge on any atom is -0.481 e. The van der Waals surface area contributed by atoms with Crippen molar-refractivity contribution in [2.45, 2.75) is 12.8 Å². The highest BCUT2D eigenvalue weighted by Gasteiger charge is 2.08. The molecule has 0 amide bonds. The summed E-state index contributed by atoms with van der Waals surface area (Å²) in [6, 6.07) is 14.5. The number of carbonyl (C=O) groups is 1. The van der Waals surface area contributed by atoms with Gasteiger partial charge in [0.05, 0.1) is 0 Å². The molecule has 1 N–H and O–H groups in total. The van der Waals surface area contributed by atoms with Crippen molar-refractivity contribution in [3.8, 4) is 0 Å². The van der Waals surface area contributed by atoms with Gasteiger partial charge in [-0.1, -0.05) is 24.3 Å². The molecule has 0 radical (unpaired) electrons. The van der Waals surface area contributed by atoms with Gasteiger partial charge in [0.2, 0.25) is 0 Å². The molecule has 0 atom stereocenters. The van der Waals surface area contributed by atoms with Crippen LogP contribution in [0.1, 0.15) is 12.0 Å². The molecule has 0 fully saturated rings. The Hall–Kier alpha value is -2.29. The fourth-order valence-electron chi connectivity index (χ4n) is 2.62. The third-order valence-corrected chi connectivity index (χ3v) is 3.61. The molecule has 19 heavy (non-hydrogen) atoms. The molecule has 0 unspecified atom stereocenters. The normalized spacial score (nSPS) is 11.2. The number of aliphatic carboxylic acids is 1. The quantitative estimate of drug-likeness (QED) is 0.777. The topological polar surface area (TPSA) is 42.2 Å². The Bertz CT molecular complexity index is 771. The zero-order valence-corrected chi connectivity index (χ0v) is 10.8. The highest BCUT2D eigenvalue weighted by molar-refractivity contribution is 6.08. The predicted molar refractivity (Wildman–Crippen MR) is 76.4 cm³/mol. The van der Waals surface area contributed by atoms with Gasteiger partial charge in [0.25, 0.3) is 0 Å². The summed E-state index contributed by atoms with van der Waals surface area (Å²) >= 11 is 0. The van der Waals surface area contributed by atoms with Gasteiger partial charge in [0.15, 0.2) is 0 Å². The fourth-order valence-corrected chi connectivity index (χ4v) is 2.62. The molecule has 0 aliphatic carbocycles. The van der Waals surface area contributed by atoms with Gasteiger partial charge in [-0.15, -0.1) is 0 Å². The van der Waals surface area contributed by atoms with Crippen LogP contribution in [-0.4, -0.2) is 15.6 Å². The van der Waals surface area contributed by atoms with Crippen LogP contribution in [0.25, 0.3) is 21.8 Å². The maximum Gasteiger partial charge on any atom is 0.303 e. The molecule has 3 rings (SSSR count). The van der Waals surface area contributed by atoms with Gasteiger partial charge in [0.1, 0.15) is 0 Å². The molecule has 2 aromatic carbocycles. The monoisotopic (exact) mass is 253 g/mol. The molecule has 3 nitrogen and oxygen atoms in total. The van der Waals surface area contributed by atoms with E-state index < -0.39 is 5.97 Å². The van der Waals surface area contributed by atoms with E-state index in [1.165, 1.54) is 21.8 Å². The average Bonchev–Trinajstić information content (AvgIpc) is 2.71. The minimum atomic E-state index is -0.752.